The Morgan fingerprint density at radius 2 is 1.85 bits per heavy atom. The van der Waals surface area contributed by atoms with E-state index >= 15 is 0 Å². The summed E-state index contributed by atoms with van der Waals surface area (Å²) in [7, 11) is -3.05. The van der Waals surface area contributed by atoms with Gasteiger partial charge in [0.2, 0.25) is 10.0 Å². The Balaban J connectivity index is 2.53. The zero-order chi connectivity index (χ0) is 9.73. The first-order chi connectivity index (χ1) is 6.17. The average Bonchev–Trinajstić information content (AvgIpc) is 2.16. The third-order valence-corrected chi connectivity index (χ3v) is 4.08. The van der Waals surface area contributed by atoms with Crippen LogP contribution in [0.1, 0.15) is 25.7 Å². The zero-order valence-corrected chi connectivity index (χ0v) is 8.52. The summed E-state index contributed by atoms with van der Waals surface area (Å²) in [6.07, 6.45) is 8.45. The van der Waals surface area contributed by atoms with Gasteiger partial charge < -0.3 is 0 Å². The van der Waals surface area contributed by atoms with E-state index in [1.54, 1.807) is 4.31 Å². The van der Waals surface area contributed by atoms with Crippen molar-refractivity contribution in [1.82, 2.24) is 4.31 Å². The van der Waals surface area contributed by atoms with Crippen LogP contribution in [-0.4, -0.2) is 31.6 Å². The Hall–Kier alpha value is -0.530. The molecule has 0 aromatic rings. The van der Waals surface area contributed by atoms with E-state index in [-0.39, 0.29) is 5.75 Å². The molecule has 0 aromatic carbocycles. The van der Waals surface area contributed by atoms with E-state index in [1.165, 1.54) is 0 Å². The summed E-state index contributed by atoms with van der Waals surface area (Å²) in [6, 6.07) is 0. The van der Waals surface area contributed by atoms with Crippen LogP contribution >= 0.6 is 0 Å². The van der Waals surface area contributed by atoms with Crippen molar-refractivity contribution in [3.05, 3.63) is 0 Å². The van der Waals surface area contributed by atoms with Crippen LogP contribution in [0.2, 0.25) is 0 Å². The summed E-state index contributed by atoms with van der Waals surface area (Å²) < 4.78 is 24.7. The van der Waals surface area contributed by atoms with E-state index in [0.717, 1.165) is 19.3 Å². The fourth-order valence-electron chi connectivity index (χ4n) is 1.46. The first-order valence-electron chi connectivity index (χ1n) is 4.58. The van der Waals surface area contributed by atoms with Crippen LogP contribution in [-0.2, 0) is 10.0 Å². The molecule has 3 nitrogen and oxygen atoms in total. The zero-order valence-electron chi connectivity index (χ0n) is 7.70. The van der Waals surface area contributed by atoms with Crippen molar-refractivity contribution in [3.8, 4) is 12.3 Å². The third kappa shape index (κ3) is 3.02. The predicted octanol–water partition coefficient (Wildman–Crippen LogP) is 0.825. The molecule has 1 rings (SSSR count). The number of sulfonamides is 1. The SMILES string of the molecule is C#CCCS(=O)(=O)N1CCCCC1. The van der Waals surface area contributed by atoms with Gasteiger partial charge in [-0.3, -0.25) is 0 Å². The summed E-state index contributed by atoms with van der Waals surface area (Å²) in [5.74, 6) is 2.46. The van der Waals surface area contributed by atoms with E-state index in [9.17, 15) is 8.42 Å². The maximum Gasteiger partial charge on any atom is 0.215 e. The lowest BCUT2D eigenvalue weighted by atomic mass is 10.2. The summed E-state index contributed by atoms with van der Waals surface area (Å²) in [4.78, 5) is 0. The van der Waals surface area contributed by atoms with Gasteiger partial charge in [0, 0.05) is 19.5 Å². The molecule has 1 heterocycles. The topological polar surface area (TPSA) is 37.4 Å². The Bertz CT molecular complexity index is 283. The van der Waals surface area contributed by atoms with E-state index in [4.69, 9.17) is 6.42 Å². The Labute approximate surface area is 80.2 Å². The van der Waals surface area contributed by atoms with Crippen LogP contribution in [0.3, 0.4) is 0 Å². The first kappa shape index (κ1) is 10.6. The molecule has 0 amide bonds. The summed E-state index contributed by atoms with van der Waals surface area (Å²) in [6.45, 7) is 1.35. The fraction of sp³-hybridized carbons (Fsp3) is 0.778. The number of hydrogen-bond donors (Lipinski definition) is 0. The van der Waals surface area contributed by atoms with Gasteiger partial charge in [-0.2, -0.15) is 0 Å². The minimum absolute atomic E-state index is 0.101. The van der Waals surface area contributed by atoms with Crippen LogP contribution in [0.25, 0.3) is 0 Å². The number of rotatable bonds is 3. The van der Waals surface area contributed by atoms with Crippen LogP contribution in [0, 0.1) is 12.3 Å². The number of piperidine rings is 1. The molecule has 1 saturated heterocycles. The largest absolute Gasteiger partial charge is 0.215 e. The second-order valence-electron chi connectivity index (χ2n) is 3.23. The Morgan fingerprint density at radius 1 is 1.23 bits per heavy atom. The first-order valence-corrected chi connectivity index (χ1v) is 6.19. The van der Waals surface area contributed by atoms with Crippen LogP contribution in [0.4, 0.5) is 0 Å². The third-order valence-electron chi connectivity index (χ3n) is 2.21. The molecule has 0 spiro atoms. The van der Waals surface area contributed by atoms with E-state index < -0.39 is 10.0 Å². The molecule has 0 N–H and O–H groups in total. The maximum atomic E-state index is 11.6. The second-order valence-corrected chi connectivity index (χ2v) is 5.32. The molecule has 1 aliphatic heterocycles. The minimum Gasteiger partial charge on any atom is -0.212 e. The number of hydrogen-bond acceptors (Lipinski definition) is 2. The lowest BCUT2D eigenvalue weighted by Gasteiger charge is -2.25. The highest BCUT2D eigenvalue weighted by molar-refractivity contribution is 7.89. The molecular weight excluding hydrogens is 186 g/mol. The van der Waals surface area contributed by atoms with Crippen molar-refractivity contribution in [1.29, 1.82) is 0 Å². The second kappa shape index (κ2) is 4.64. The van der Waals surface area contributed by atoms with Gasteiger partial charge in [0.05, 0.1) is 5.75 Å². The van der Waals surface area contributed by atoms with E-state index in [0.29, 0.717) is 19.5 Å². The van der Waals surface area contributed by atoms with Crippen LogP contribution < -0.4 is 0 Å². The summed E-state index contributed by atoms with van der Waals surface area (Å²) in [5, 5.41) is 0. The lowest BCUT2D eigenvalue weighted by molar-refractivity contribution is 0.347. The van der Waals surface area contributed by atoms with Gasteiger partial charge in [0.1, 0.15) is 0 Å². The Kier molecular flexibility index (Phi) is 3.76. The standard InChI is InChI=1S/C9H15NO2S/c1-2-3-9-13(11,12)10-7-5-4-6-8-10/h1H,3-9H2. The predicted molar refractivity (Wildman–Crippen MR) is 52.7 cm³/mol. The van der Waals surface area contributed by atoms with Crippen LogP contribution in [0.15, 0.2) is 0 Å². The van der Waals surface area contributed by atoms with Gasteiger partial charge in [-0.1, -0.05) is 6.42 Å². The maximum absolute atomic E-state index is 11.6. The van der Waals surface area contributed by atoms with E-state index in [2.05, 4.69) is 5.92 Å². The van der Waals surface area contributed by atoms with Gasteiger partial charge >= 0.3 is 0 Å². The Morgan fingerprint density at radius 3 is 2.38 bits per heavy atom. The molecule has 0 saturated carbocycles. The normalized spacial score (nSPS) is 19.6. The highest BCUT2D eigenvalue weighted by Crippen LogP contribution is 2.13. The van der Waals surface area contributed by atoms with Gasteiger partial charge in [-0.15, -0.1) is 12.3 Å². The van der Waals surface area contributed by atoms with Gasteiger partial charge in [0.15, 0.2) is 0 Å². The molecule has 13 heavy (non-hydrogen) atoms. The van der Waals surface area contributed by atoms with Gasteiger partial charge in [-0.25, -0.2) is 12.7 Å². The molecule has 0 bridgehead atoms. The molecule has 0 atom stereocenters. The molecule has 0 aliphatic carbocycles. The fourth-order valence-corrected chi connectivity index (χ4v) is 2.91. The smallest absolute Gasteiger partial charge is 0.212 e. The molecular formula is C9H15NO2S. The summed E-state index contributed by atoms with van der Waals surface area (Å²) in [5.41, 5.74) is 0. The van der Waals surface area contributed by atoms with Crippen molar-refractivity contribution in [3.63, 3.8) is 0 Å². The molecule has 0 aromatic heterocycles. The molecule has 1 fully saturated rings. The molecule has 74 valence electrons. The van der Waals surface area contributed by atoms with Crippen LogP contribution in [0.5, 0.6) is 0 Å². The lowest BCUT2D eigenvalue weighted by Crippen LogP contribution is -2.37. The quantitative estimate of drug-likeness (QED) is 0.634. The highest BCUT2D eigenvalue weighted by atomic mass is 32.2. The van der Waals surface area contributed by atoms with Crippen molar-refractivity contribution in [2.45, 2.75) is 25.7 Å². The monoisotopic (exact) mass is 201 g/mol. The van der Waals surface area contributed by atoms with Crippen molar-refractivity contribution in [2.24, 2.45) is 0 Å². The minimum atomic E-state index is -3.05. The molecule has 0 unspecified atom stereocenters. The molecule has 4 heteroatoms. The highest BCUT2D eigenvalue weighted by Gasteiger charge is 2.22. The van der Waals surface area contributed by atoms with E-state index in [1.807, 2.05) is 0 Å². The van der Waals surface area contributed by atoms with Gasteiger partial charge in [-0.05, 0) is 12.8 Å². The van der Waals surface area contributed by atoms with Crippen molar-refractivity contribution in [2.75, 3.05) is 18.8 Å². The molecule has 0 radical (unpaired) electrons. The number of nitrogens with zero attached hydrogens (tertiary/aromatic N) is 1. The average molecular weight is 201 g/mol. The molecule has 1 aliphatic rings. The van der Waals surface area contributed by atoms with Gasteiger partial charge in [0.25, 0.3) is 0 Å². The summed E-state index contributed by atoms with van der Waals surface area (Å²) >= 11 is 0. The number of terminal acetylenes is 1. The van der Waals surface area contributed by atoms with Crippen molar-refractivity contribution < 1.29 is 8.42 Å². The van der Waals surface area contributed by atoms with Crippen molar-refractivity contribution >= 4 is 10.0 Å².